The largest absolute Gasteiger partial charge is 0.408 e. The molecule has 1 heterocycles. The number of aryl methyl sites for hydroxylation is 1. The molecule has 2 amide bonds. The van der Waals surface area contributed by atoms with E-state index in [1.807, 2.05) is 0 Å². The van der Waals surface area contributed by atoms with Gasteiger partial charge in [-0.25, -0.2) is 4.39 Å². The van der Waals surface area contributed by atoms with Crippen LogP contribution in [0.3, 0.4) is 0 Å². The molecule has 0 spiro atoms. The number of nitriles is 1. The SMILES string of the molecule is Cc1c(C(=O)Nc2ccc(F)c(C#N)c2)cn(C)c1C(=O)C(=O)N[C@@H](C)C(F)(F)F. The van der Waals surface area contributed by atoms with Crippen molar-refractivity contribution >= 4 is 23.3 Å². The number of halogens is 4. The van der Waals surface area contributed by atoms with Crippen molar-refractivity contribution in [2.45, 2.75) is 26.1 Å². The smallest absolute Gasteiger partial charge is 0.347 e. The van der Waals surface area contributed by atoms with E-state index in [1.165, 1.54) is 26.2 Å². The molecule has 0 aliphatic rings. The maximum absolute atomic E-state index is 13.4. The molecule has 0 saturated carbocycles. The summed E-state index contributed by atoms with van der Waals surface area (Å²) in [4.78, 5) is 36.8. The first-order valence-corrected chi connectivity index (χ1v) is 8.45. The van der Waals surface area contributed by atoms with Gasteiger partial charge in [-0.3, -0.25) is 14.4 Å². The third kappa shape index (κ3) is 4.65. The van der Waals surface area contributed by atoms with E-state index in [0.29, 0.717) is 6.92 Å². The first-order valence-electron chi connectivity index (χ1n) is 8.45. The van der Waals surface area contributed by atoms with Gasteiger partial charge in [-0.1, -0.05) is 0 Å². The van der Waals surface area contributed by atoms with Crippen LogP contribution >= 0.6 is 0 Å². The molecule has 0 radical (unpaired) electrons. The highest BCUT2D eigenvalue weighted by Crippen LogP contribution is 2.22. The van der Waals surface area contributed by atoms with Crippen molar-refractivity contribution in [2.75, 3.05) is 5.32 Å². The lowest BCUT2D eigenvalue weighted by Gasteiger charge is -2.16. The minimum Gasteiger partial charge on any atom is -0.347 e. The molecule has 1 atom stereocenters. The van der Waals surface area contributed by atoms with E-state index >= 15 is 0 Å². The van der Waals surface area contributed by atoms with Crippen LogP contribution in [0.1, 0.15) is 38.9 Å². The zero-order valence-electron chi connectivity index (χ0n) is 16.0. The Morgan fingerprint density at radius 3 is 2.43 bits per heavy atom. The van der Waals surface area contributed by atoms with Crippen LogP contribution in [0.4, 0.5) is 23.2 Å². The average Bonchev–Trinajstić information content (AvgIpc) is 2.96. The predicted octanol–water partition coefficient (Wildman–Crippen LogP) is 2.85. The quantitative estimate of drug-likeness (QED) is 0.438. The molecule has 11 heteroatoms. The Hall–Kier alpha value is -3.68. The summed E-state index contributed by atoms with van der Waals surface area (Å²) >= 11 is 0. The summed E-state index contributed by atoms with van der Waals surface area (Å²) in [6.45, 7) is 2.05. The summed E-state index contributed by atoms with van der Waals surface area (Å²) in [5.41, 5.74) is -0.392. The van der Waals surface area contributed by atoms with E-state index in [-0.39, 0.29) is 28.1 Å². The molecule has 158 valence electrons. The van der Waals surface area contributed by atoms with Crippen molar-refractivity contribution in [1.82, 2.24) is 9.88 Å². The number of nitrogens with one attached hydrogen (secondary N) is 2. The number of benzene rings is 1. The molecule has 0 saturated heterocycles. The number of carbonyl (C=O) groups is 3. The highest BCUT2D eigenvalue weighted by molar-refractivity contribution is 6.43. The molecular formula is C19H16F4N4O3. The van der Waals surface area contributed by atoms with Crippen LogP contribution < -0.4 is 10.6 Å². The number of hydrogen-bond donors (Lipinski definition) is 2. The van der Waals surface area contributed by atoms with Crippen molar-refractivity contribution < 1.29 is 31.9 Å². The van der Waals surface area contributed by atoms with Crippen molar-refractivity contribution in [1.29, 1.82) is 5.26 Å². The van der Waals surface area contributed by atoms with Gasteiger partial charge in [-0.2, -0.15) is 18.4 Å². The van der Waals surface area contributed by atoms with Crippen molar-refractivity contribution in [3.8, 4) is 6.07 Å². The number of carbonyl (C=O) groups excluding carboxylic acids is 3. The maximum Gasteiger partial charge on any atom is 0.408 e. The van der Waals surface area contributed by atoms with E-state index in [4.69, 9.17) is 5.26 Å². The Balaban J connectivity index is 2.26. The standard InChI is InChI=1S/C19H16F4N4O3/c1-9-13(17(29)26-12-4-5-14(20)11(6-12)7-24)8-27(3)15(9)16(28)18(30)25-10(2)19(21,22)23/h4-6,8,10H,1-3H3,(H,25,30)(H,26,29)/t10-/m0/s1. The molecule has 30 heavy (non-hydrogen) atoms. The van der Waals surface area contributed by atoms with E-state index in [0.717, 1.165) is 16.7 Å². The van der Waals surface area contributed by atoms with Gasteiger partial charge in [-0.15, -0.1) is 0 Å². The highest BCUT2D eigenvalue weighted by Gasteiger charge is 2.38. The van der Waals surface area contributed by atoms with Gasteiger partial charge < -0.3 is 15.2 Å². The summed E-state index contributed by atoms with van der Waals surface area (Å²) in [6.07, 6.45) is -3.49. The van der Waals surface area contributed by atoms with Crippen LogP contribution in [0.15, 0.2) is 24.4 Å². The number of Topliss-reactive ketones (excluding diaryl/α,β-unsaturated/α-hetero) is 1. The van der Waals surface area contributed by atoms with E-state index in [2.05, 4.69) is 5.32 Å². The topological polar surface area (TPSA) is 104 Å². The highest BCUT2D eigenvalue weighted by atomic mass is 19.4. The van der Waals surface area contributed by atoms with Crippen molar-refractivity contribution in [2.24, 2.45) is 7.05 Å². The second-order valence-corrected chi connectivity index (χ2v) is 6.45. The van der Waals surface area contributed by atoms with Crippen LogP contribution in [-0.2, 0) is 11.8 Å². The second-order valence-electron chi connectivity index (χ2n) is 6.45. The number of ketones is 1. The summed E-state index contributed by atoms with van der Waals surface area (Å²) < 4.78 is 52.4. The molecule has 0 bridgehead atoms. The van der Waals surface area contributed by atoms with Crippen molar-refractivity contribution in [3.63, 3.8) is 0 Å². The van der Waals surface area contributed by atoms with Gasteiger partial charge in [0, 0.05) is 18.9 Å². The number of aromatic nitrogens is 1. The molecule has 2 N–H and O–H groups in total. The number of alkyl halides is 3. The molecule has 7 nitrogen and oxygen atoms in total. The molecule has 0 fully saturated rings. The van der Waals surface area contributed by atoms with Crippen LogP contribution in [0.25, 0.3) is 0 Å². The predicted molar refractivity (Wildman–Crippen MR) is 97.2 cm³/mol. The molecule has 2 rings (SSSR count). The van der Waals surface area contributed by atoms with Crippen LogP contribution in [-0.4, -0.2) is 34.4 Å². The fraction of sp³-hybridized carbons (Fsp3) is 0.263. The Kier molecular flexibility index (Phi) is 6.30. The molecule has 0 aliphatic heterocycles. The van der Waals surface area contributed by atoms with Gasteiger partial charge in [0.05, 0.1) is 16.8 Å². The number of nitrogens with zero attached hydrogens (tertiary/aromatic N) is 2. The molecular weight excluding hydrogens is 408 g/mol. The second kappa shape index (κ2) is 8.36. The van der Waals surface area contributed by atoms with Crippen LogP contribution in [0.2, 0.25) is 0 Å². The summed E-state index contributed by atoms with van der Waals surface area (Å²) in [5.74, 6) is -4.19. The van der Waals surface area contributed by atoms with Crippen LogP contribution in [0.5, 0.6) is 0 Å². The Bertz CT molecular complexity index is 1070. The third-order valence-corrected chi connectivity index (χ3v) is 4.28. The van der Waals surface area contributed by atoms with Gasteiger partial charge in [0.1, 0.15) is 17.9 Å². The van der Waals surface area contributed by atoms with E-state index in [1.54, 1.807) is 11.4 Å². The minimum atomic E-state index is -4.72. The zero-order valence-corrected chi connectivity index (χ0v) is 16.0. The summed E-state index contributed by atoms with van der Waals surface area (Å²) in [5, 5.41) is 12.9. The van der Waals surface area contributed by atoms with Gasteiger partial charge in [0.15, 0.2) is 0 Å². The fourth-order valence-corrected chi connectivity index (χ4v) is 2.65. The summed E-state index contributed by atoms with van der Waals surface area (Å²) in [7, 11) is 1.35. The normalized spacial score (nSPS) is 12.1. The maximum atomic E-state index is 13.4. The zero-order chi connectivity index (χ0) is 22.8. The number of hydrogen-bond acceptors (Lipinski definition) is 4. The van der Waals surface area contributed by atoms with Gasteiger partial charge >= 0.3 is 6.18 Å². The van der Waals surface area contributed by atoms with Crippen LogP contribution in [0, 0.1) is 24.1 Å². The first-order chi connectivity index (χ1) is 13.9. The van der Waals surface area contributed by atoms with Crippen molar-refractivity contribution in [3.05, 3.63) is 52.6 Å². The number of rotatable bonds is 5. The van der Waals surface area contributed by atoms with E-state index in [9.17, 15) is 31.9 Å². The minimum absolute atomic E-state index is 0.0275. The third-order valence-electron chi connectivity index (χ3n) is 4.28. The van der Waals surface area contributed by atoms with Gasteiger partial charge in [0.25, 0.3) is 17.6 Å². The average molecular weight is 424 g/mol. The lowest BCUT2D eigenvalue weighted by molar-refractivity contribution is -0.156. The molecule has 2 aromatic rings. The molecule has 1 aromatic heterocycles. The Morgan fingerprint density at radius 2 is 1.87 bits per heavy atom. The molecule has 0 unspecified atom stereocenters. The fourth-order valence-electron chi connectivity index (χ4n) is 2.65. The number of amides is 2. The van der Waals surface area contributed by atoms with Gasteiger partial charge in [0.2, 0.25) is 0 Å². The van der Waals surface area contributed by atoms with Gasteiger partial charge in [-0.05, 0) is 37.6 Å². The number of anilines is 1. The first kappa shape index (κ1) is 22.6. The molecule has 0 aliphatic carbocycles. The summed E-state index contributed by atoms with van der Waals surface area (Å²) in [6, 6.07) is 2.73. The Labute approximate surface area is 168 Å². The van der Waals surface area contributed by atoms with E-state index < -0.39 is 35.6 Å². The molecule has 1 aromatic carbocycles. The lowest BCUT2D eigenvalue weighted by atomic mass is 10.1. The Morgan fingerprint density at radius 1 is 1.23 bits per heavy atom. The lowest BCUT2D eigenvalue weighted by Crippen LogP contribution is -2.46. The monoisotopic (exact) mass is 424 g/mol.